The molecule has 0 saturated carbocycles. The van der Waals surface area contributed by atoms with Crippen LogP contribution in [0.2, 0.25) is 0 Å². The van der Waals surface area contributed by atoms with Crippen LogP contribution in [0.5, 0.6) is 5.75 Å². The van der Waals surface area contributed by atoms with Crippen molar-refractivity contribution in [2.24, 2.45) is 0 Å². The molecule has 0 aliphatic rings. The summed E-state index contributed by atoms with van der Waals surface area (Å²) in [5.41, 5.74) is 2.87. The Kier molecular flexibility index (Phi) is 7.26. The van der Waals surface area contributed by atoms with E-state index in [1.807, 2.05) is 24.3 Å². The highest BCUT2D eigenvalue weighted by Gasteiger charge is 2.08. The molecule has 0 radical (unpaired) electrons. The first-order chi connectivity index (χ1) is 11.9. The molecule has 0 fully saturated rings. The molecule has 1 atom stereocenters. The van der Waals surface area contributed by atoms with E-state index in [2.05, 4.69) is 63.2 Å². The van der Waals surface area contributed by atoms with Crippen LogP contribution in [-0.2, 0) is 4.79 Å². The van der Waals surface area contributed by atoms with Crippen LogP contribution in [0.25, 0.3) is 6.08 Å². The van der Waals surface area contributed by atoms with E-state index in [0.717, 1.165) is 26.6 Å². The number of carbonyl (C=O) groups excluding carboxylic acids is 1. The number of nitrogens with one attached hydrogen (secondary N) is 1. The molecule has 0 unspecified atom stereocenters. The van der Waals surface area contributed by atoms with Crippen molar-refractivity contribution in [3.8, 4) is 5.75 Å². The van der Waals surface area contributed by atoms with Crippen LogP contribution in [-0.4, -0.2) is 13.0 Å². The molecular formula is C20H21Br2NO2. The standard InChI is InChI=1S/C20H21Br2NO2/c1-4-13(2)14-5-8-17(9-6-14)23-19(24)10-7-15-11-16(21)12-18(22)20(15)25-3/h5-13H,4H2,1-3H3,(H,23,24)/b10-7+/t13-/m1/s1. The SMILES string of the molecule is CC[C@@H](C)c1ccc(NC(=O)/C=C/c2cc(Br)cc(Br)c2OC)cc1. The number of amides is 1. The fraction of sp³-hybridized carbons (Fsp3) is 0.250. The van der Waals surface area contributed by atoms with Gasteiger partial charge in [0.15, 0.2) is 0 Å². The monoisotopic (exact) mass is 465 g/mol. The summed E-state index contributed by atoms with van der Waals surface area (Å²) in [6.07, 6.45) is 4.33. The van der Waals surface area contributed by atoms with Gasteiger partial charge in [-0.1, -0.05) is 41.9 Å². The number of carbonyl (C=O) groups is 1. The van der Waals surface area contributed by atoms with E-state index in [4.69, 9.17) is 4.74 Å². The summed E-state index contributed by atoms with van der Waals surface area (Å²) in [4.78, 5) is 12.2. The van der Waals surface area contributed by atoms with E-state index in [0.29, 0.717) is 11.7 Å². The second-order valence-electron chi connectivity index (χ2n) is 5.76. The first kappa shape index (κ1) is 19.7. The molecule has 1 amide bonds. The molecule has 0 aliphatic heterocycles. The van der Waals surface area contributed by atoms with Gasteiger partial charge in [-0.25, -0.2) is 0 Å². The Labute approximate surface area is 165 Å². The zero-order chi connectivity index (χ0) is 18.4. The van der Waals surface area contributed by atoms with Crippen LogP contribution >= 0.6 is 31.9 Å². The highest BCUT2D eigenvalue weighted by atomic mass is 79.9. The highest BCUT2D eigenvalue weighted by Crippen LogP contribution is 2.33. The zero-order valence-corrected chi connectivity index (χ0v) is 17.6. The summed E-state index contributed by atoms with van der Waals surface area (Å²) in [5.74, 6) is 1.02. The number of ether oxygens (including phenoxy) is 1. The van der Waals surface area contributed by atoms with Gasteiger partial charge in [0.25, 0.3) is 0 Å². The van der Waals surface area contributed by atoms with Gasteiger partial charge in [-0.2, -0.15) is 0 Å². The van der Waals surface area contributed by atoms with Crippen LogP contribution in [0.4, 0.5) is 5.69 Å². The Morgan fingerprint density at radius 3 is 2.52 bits per heavy atom. The lowest BCUT2D eigenvalue weighted by Gasteiger charge is -2.10. The van der Waals surface area contributed by atoms with Gasteiger partial charge in [0.05, 0.1) is 11.6 Å². The number of hydrogen-bond acceptors (Lipinski definition) is 2. The molecule has 5 heteroatoms. The molecule has 0 aliphatic carbocycles. The molecule has 1 N–H and O–H groups in total. The van der Waals surface area contributed by atoms with Gasteiger partial charge in [-0.15, -0.1) is 0 Å². The summed E-state index contributed by atoms with van der Waals surface area (Å²) < 4.78 is 7.10. The number of benzene rings is 2. The summed E-state index contributed by atoms with van der Waals surface area (Å²) in [6, 6.07) is 11.8. The van der Waals surface area contributed by atoms with Gasteiger partial charge >= 0.3 is 0 Å². The Bertz CT molecular complexity index is 770. The Hall–Kier alpha value is -1.59. The minimum absolute atomic E-state index is 0.186. The predicted octanol–water partition coefficient (Wildman–Crippen LogP) is 6.39. The lowest BCUT2D eigenvalue weighted by molar-refractivity contribution is -0.111. The number of rotatable bonds is 6. The molecule has 25 heavy (non-hydrogen) atoms. The Morgan fingerprint density at radius 2 is 1.92 bits per heavy atom. The van der Waals surface area contributed by atoms with Crippen molar-refractivity contribution in [2.45, 2.75) is 26.2 Å². The van der Waals surface area contributed by atoms with Gasteiger partial charge in [-0.3, -0.25) is 4.79 Å². The molecule has 3 nitrogen and oxygen atoms in total. The van der Waals surface area contributed by atoms with Crippen LogP contribution in [0.15, 0.2) is 51.4 Å². The maximum atomic E-state index is 12.2. The lowest BCUT2D eigenvalue weighted by atomic mass is 9.99. The fourth-order valence-electron chi connectivity index (χ4n) is 2.40. The quantitative estimate of drug-likeness (QED) is 0.501. The second kappa shape index (κ2) is 9.20. The minimum Gasteiger partial charge on any atom is -0.495 e. The van der Waals surface area contributed by atoms with E-state index in [1.165, 1.54) is 11.6 Å². The Balaban J connectivity index is 2.09. The maximum Gasteiger partial charge on any atom is 0.248 e. The van der Waals surface area contributed by atoms with Crippen molar-refractivity contribution < 1.29 is 9.53 Å². The second-order valence-corrected chi connectivity index (χ2v) is 7.53. The Morgan fingerprint density at radius 1 is 1.24 bits per heavy atom. The largest absolute Gasteiger partial charge is 0.495 e. The third-order valence-corrected chi connectivity index (χ3v) is 5.06. The third-order valence-electron chi connectivity index (χ3n) is 4.02. The fourth-order valence-corrected chi connectivity index (χ4v) is 3.82. The number of hydrogen-bond donors (Lipinski definition) is 1. The molecular weight excluding hydrogens is 446 g/mol. The van der Waals surface area contributed by atoms with E-state index in [-0.39, 0.29) is 5.91 Å². The molecule has 0 bridgehead atoms. The van der Waals surface area contributed by atoms with Crippen molar-refractivity contribution in [1.82, 2.24) is 0 Å². The van der Waals surface area contributed by atoms with Crippen molar-refractivity contribution in [3.63, 3.8) is 0 Å². The summed E-state index contributed by atoms with van der Waals surface area (Å²) in [7, 11) is 1.60. The highest BCUT2D eigenvalue weighted by molar-refractivity contribution is 9.11. The van der Waals surface area contributed by atoms with Crippen LogP contribution in [0, 0.1) is 0 Å². The van der Waals surface area contributed by atoms with Gasteiger partial charge in [0.2, 0.25) is 5.91 Å². The molecule has 2 aromatic carbocycles. The number of halogens is 2. The molecule has 0 spiro atoms. The van der Waals surface area contributed by atoms with E-state index in [9.17, 15) is 4.79 Å². The van der Waals surface area contributed by atoms with Gasteiger partial charge < -0.3 is 10.1 Å². The van der Waals surface area contributed by atoms with E-state index in [1.54, 1.807) is 13.2 Å². The summed E-state index contributed by atoms with van der Waals surface area (Å²) >= 11 is 6.90. The molecule has 2 aromatic rings. The summed E-state index contributed by atoms with van der Waals surface area (Å²) in [5, 5.41) is 2.87. The van der Waals surface area contributed by atoms with Gasteiger partial charge in [0.1, 0.15) is 5.75 Å². The first-order valence-corrected chi connectivity index (χ1v) is 9.65. The predicted molar refractivity (Wildman–Crippen MR) is 111 cm³/mol. The number of anilines is 1. The summed E-state index contributed by atoms with van der Waals surface area (Å²) in [6.45, 7) is 4.36. The lowest BCUT2D eigenvalue weighted by Crippen LogP contribution is -2.07. The van der Waals surface area contributed by atoms with Crippen LogP contribution in [0.3, 0.4) is 0 Å². The third kappa shape index (κ3) is 5.44. The van der Waals surface area contributed by atoms with Gasteiger partial charge in [-0.05, 0) is 64.2 Å². The average Bonchev–Trinajstić information content (AvgIpc) is 2.59. The smallest absolute Gasteiger partial charge is 0.248 e. The van der Waals surface area contributed by atoms with E-state index >= 15 is 0 Å². The van der Waals surface area contributed by atoms with E-state index < -0.39 is 0 Å². The molecule has 2 rings (SSSR count). The van der Waals surface area contributed by atoms with Crippen molar-refractivity contribution >= 4 is 49.5 Å². The molecule has 132 valence electrons. The topological polar surface area (TPSA) is 38.3 Å². The minimum atomic E-state index is -0.186. The number of methoxy groups -OCH3 is 1. The van der Waals surface area contributed by atoms with Crippen molar-refractivity contribution in [3.05, 3.63) is 62.5 Å². The van der Waals surface area contributed by atoms with Crippen molar-refractivity contribution in [1.29, 1.82) is 0 Å². The molecule has 0 aromatic heterocycles. The normalized spacial score (nSPS) is 12.2. The molecule has 0 heterocycles. The maximum absolute atomic E-state index is 12.2. The average molecular weight is 467 g/mol. The van der Waals surface area contributed by atoms with Crippen molar-refractivity contribution in [2.75, 3.05) is 12.4 Å². The first-order valence-electron chi connectivity index (χ1n) is 8.06. The van der Waals surface area contributed by atoms with Gasteiger partial charge in [0, 0.05) is 21.8 Å². The zero-order valence-electron chi connectivity index (χ0n) is 14.5. The van der Waals surface area contributed by atoms with Crippen LogP contribution in [0.1, 0.15) is 37.3 Å². The van der Waals surface area contributed by atoms with Crippen LogP contribution < -0.4 is 10.1 Å². The molecule has 0 saturated heterocycles.